The first-order valence-corrected chi connectivity index (χ1v) is 15.9. The zero-order valence-corrected chi connectivity index (χ0v) is 25.6. The molecule has 0 unspecified atom stereocenters. The Morgan fingerprint density at radius 1 is 0.795 bits per heavy atom. The quantitative estimate of drug-likeness (QED) is 0.371. The third kappa shape index (κ3) is 5.47. The van der Waals surface area contributed by atoms with Crippen LogP contribution in [0.1, 0.15) is 78.4 Å². The van der Waals surface area contributed by atoms with Gasteiger partial charge in [-0.15, -0.1) is 0 Å². The second-order valence-electron chi connectivity index (χ2n) is 13.2. The number of aryl methyl sites for hydroxylation is 1. The van der Waals surface area contributed by atoms with Gasteiger partial charge in [0.05, 0.1) is 17.3 Å². The van der Waals surface area contributed by atoms with Crippen molar-refractivity contribution in [2.24, 2.45) is 7.05 Å². The number of benzene rings is 1. The summed E-state index contributed by atoms with van der Waals surface area (Å²) in [6, 6.07) is 6.39. The van der Waals surface area contributed by atoms with Crippen molar-refractivity contribution in [1.82, 2.24) is 14.5 Å². The Morgan fingerprint density at radius 3 is 1.79 bits per heavy atom. The lowest BCUT2D eigenvalue weighted by Crippen LogP contribution is -2.24. The third-order valence-electron chi connectivity index (χ3n) is 7.88. The average molecular weight is 554 g/mol. The number of hydrogen-bond donors (Lipinski definition) is 0. The maximum Gasteiger partial charge on any atom is 0.306 e. The number of anilines is 2. The molecule has 212 valence electrons. The molecule has 0 aliphatic carbocycles. The fourth-order valence-corrected chi connectivity index (χ4v) is 6.29. The summed E-state index contributed by atoms with van der Waals surface area (Å²) >= 11 is 0. The molecular formula is C30H43N5O3S. The molecule has 3 aromatic rings. The van der Waals surface area contributed by atoms with Crippen LogP contribution in [0.15, 0.2) is 18.2 Å². The monoisotopic (exact) mass is 553 g/mol. The highest BCUT2D eigenvalue weighted by molar-refractivity contribution is 7.86. The Balaban J connectivity index is 1.77. The predicted molar refractivity (Wildman–Crippen MR) is 160 cm³/mol. The van der Waals surface area contributed by atoms with Gasteiger partial charge in [-0.2, -0.15) is 18.4 Å². The molecule has 2 saturated heterocycles. The molecule has 5 rings (SSSR count). The molecule has 8 nitrogen and oxygen atoms in total. The molecule has 2 fully saturated rings. The molecular weight excluding hydrogens is 510 g/mol. The van der Waals surface area contributed by atoms with Gasteiger partial charge in [0.15, 0.2) is 0 Å². The highest BCUT2D eigenvalue weighted by atomic mass is 32.2. The Labute approximate surface area is 233 Å². The van der Waals surface area contributed by atoms with Gasteiger partial charge in [-0.05, 0) is 60.3 Å². The first-order chi connectivity index (χ1) is 18.1. The van der Waals surface area contributed by atoms with E-state index >= 15 is 0 Å². The lowest BCUT2D eigenvalue weighted by Gasteiger charge is -2.30. The van der Waals surface area contributed by atoms with Crippen LogP contribution in [0.5, 0.6) is 5.75 Å². The van der Waals surface area contributed by atoms with Crippen LogP contribution in [-0.2, 0) is 28.0 Å². The summed E-state index contributed by atoms with van der Waals surface area (Å²) in [4.78, 5) is 14.9. The number of rotatable bonds is 5. The molecule has 2 aliphatic rings. The molecule has 0 bridgehead atoms. The fourth-order valence-electron chi connectivity index (χ4n) is 5.80. The van der Waals surface area contributed by atoms with Gasteiger partial charge in [0.2, 0.25) is 5.95 Å². The van der Waals surface area contributed by atoms with Crippen molar-refractivity contribution in [3.8, 4) is 17.0 Å². The van der Waals surface area contributed by atoms with Crippen LogP contribution >= 0.6 is 0 Å². The standard InChI is InChI=1S/C30H43N5O3S/c1-29(2,3)22-17-20(18-23(30(4,5)6)25(22)38-39(8,36)37)24-19-21-26(33(24)7)31-28(35-15-11-12-16-35)32-27(21)34-13-9-10-14-34/h17-19H,9-16H2,1-8H3. The molecule has 0 N–H and O–H groups in total. The van der Waals surface area contributed by atoms with Crippen molar-refractivity contribution in [2.75, 3.05) is 42.2 Å². The Bertz CT molecular complexity index is 1470. The van der Waals surface area contributed by atoms with Gasteiger partial charge in [-0.3, -0.25) is 0 Å². The van der Waals surface area contributed by atoms with Crippen LogP contribution in [0.3, 0.4) is 0 Å². The van der Waals surface area contributed by atoms with Crippen LogP contribution in [-0.4, -0.2) is 55.4 Å². The zero-order valence-electron chi connectivity index (χ0n) is 24.8. The van der Waals surface area contributed by atoms with E-state index < -0.39 is 10.1 Å². The topological polar surface area (TPSA) is 80.6 Å². The van der Waals surface area contributed by atoms with Gasteiger partial charge in [-0.1, -0.05) is 41.5 Å². The van der Waals surface area contributed by atoms with Crippen LogP contribution in [0.2, 0.25) is 0 Å². The van der Waals surface area contributed by atoms with Gasteiger partial charge in [0.25, 0.3) is 0 Å². The molecule has 0 spiro atoms. The van der Waals surface area contributed by atoms with Crippen molar-refractivity contribution in [3.05, 3.63) is 29.3 Å². The van der Waals surface area contributed by atoms with Crippen molar-refractivity contribution < 1.29 is 12.6 Å². The number of hydrogen-bond acceptors (Lipinski definition) is 7. The summed E-state index contributed by atoms with van der Waals surface area (Å²) in [7, 11) is -1.64. The summed E-state index contributed by atoms with van der Waals surface area (Å²) in [6.45, 7) is 16.6. The summed E-state index contributed by atoms with van der Waals surface area (Å²) in [6.07, 6.45) is 5.81. The van der Waals surface area contributed by atoms with Crippen molar-refractivity contribution in [2.45, 2.75) is 78.1 Å². The molecule has 2 aromatic heterocycles. The van der Waals surface area contributed by atoms with Crippen LogP contribution < -0.4 is 14.0 Å². The summed E-state index contributed by atoms with van der Waals surface area (Å²) < 4.78 is 32.5. The van der Waals surface area contributed by atoms with E-state index in [2.05, 4.69) is 81.2 Å². The summed E-state index contributed by atoms with van der Waals surface area (Å²) in [5.74, 6) is 2.27. The van der Waals surface area contributed by atoms with Crippen LogP contribution in [0.4, 0.5) is 11.8 Å². The highest BCUT2D eigenvalue weighted by Gasteiger charge is 2.31. The first kappa shape index (κ1) is 27.7. The predicted octanol–water partition coefficient (Wildman–Crippen LogP) is 5.77. The zero-order chi connectivity index (χ0) is 28.3. The molecule has 1 aromatic carbocycles. The number of nitrogens with zero attached hydrogens (tertiary/aromatic N) is 5. The van der Waals surface area contributed by atoms with E-state index in [1.54, 1.807) is 0 Å². The molecule has 4 heterocycles. The maximum atomic E-state index is 12.3. The lowest BCUT2D eigenvalue weighted by atomic mass is 9.78. The third-order valence-corrected chi connectivity index (χ3v) is 8.35. The van der Waals surface area contributed by atoms with E-state index in [1.807, 2.05) is 0 Å². The molecule has 9 heteroatoms. The summed E-state index contributed by atoms with van der Waals surface area (Å²) in [5, 5.41) is 1.06. The molecule has 0 radical (unpaired) electrons. The second kappa shape index (κ2) is 9.68. The minimum absolute atomic E-state index is 0.343. The molecule has 39 heavy (non-hydrogen) atoms. The molecule has 0 saturated carbocycles. The second-order valence-corrected chi connectivity index (χ2v) is 14.8. The van der Waals surface area contributed by atoms with Crippen LogP contribution in [0.25, 0.3) is 22.3 Å². The van der Waals surface area contributed by atoms with Crippen molar-refractivity contribution in [3.63, 3.8) is 0 Å². The Morgan fingerprint density at radius 2 is 1.31 bits per heavy atom. The van der Waals surface area contributed by atoms with Gasteiger partial charge in [0, 0.05) is 44.4 Å². The average Bonchev–Trinajstić information content (AvgIpc) is 3.58. The van der Waals surface area contributed by atoms with E-state index in [4.69, 9.17) is 14.2 Å². The van der Waals surface area contributed by atoms with E-state index in [1.165, 1.54) is 25.7 Å². The van der Waals surface area contributed by atoms with E-state index in [-0.39, 0.29) is 10.8 Å². The minimum Gasteiger partial charge on any atom is -0.382 e. The molecule has 2 aliphatic heterocycles. The summed E-state index contributed by atoms with van der Waals surface area (Å²) in [5.41, 5.74) is 4.01. The lowest BCUT2D eigenvalue weighted by molar-refractivity contribution is 0.459. The maximum absolute atomic E-state index is 12.3. The van der Waals surface area contributed by atoms with Gasteiger partial charge < -0.3 is 18.6 Å². The van der Waals surface area contributed by atoms with Gasteiger partial charge in [0.1, 0.15) is 17.2 Å². The normalized spacial score (nSPS) is 17.0. The van der Waals surface area contributed by atoms with Gasteiger partial charge in [-0.25, -0.2) is 0 Å². The largest absolute Gasteiger partial charge is 0.382 e. The molecule has 0 amide bonds. The van der Waals surface area contributed by atoms with E-state index in [0.717, 1.165) is 77.6 Å². The highest BCUT2D eigenvalue weighted by Crippen LogP contribution is 2.44. The smallest absolute Gasteiger partial charge is 0.306 e. The van der Waals surface area contributed by atoms with E-state index in [9.17, 15) is 8.42 Å². The first-order valence-electron chi connectivity index (χ1n) is 14.1. The van der Waals surface area contributed by atoms with E-state index in [0.29, 0.717) is 5.75 Å². The molecule has 0 atom stereocenters. The van der Waals surface area contributed by atoms with Crippen LogP contribution in [0, 0.1) is 0 Å². The number of fused-ring (bicyclic) bond motifs is 1. The Hall–Kier alpha value is -2.81. The Kier molecular flexibility index (Phi) is 6.89. The fraction of sp³-hybridized carbons (Fsp3) is 0.600. The SMILES string of the molecule is Cn1c(-c2cc(C(C)(C)C)c(OS(C)(=O)=O)c(C(C)(C)C)c2)cc2c(N3CCCC3)nc(N3CCCC3)nc21. The van der Waals surface area contributed by atoms with Crippen molar-refractivity contribution in [1.29, 1.82) is 0 Å². The number of aromatic nitrogens is 3. The minimum atomic E-state index is -3.71. The van der Waals surface area contributed by atoms with Gasteiger partial charge >= 0.3 is 10.1 Å². The van der Waals surface area contributed by atoms with Crippen molar-refractivity contribution >= 4 is 32.9 Å².